The maximum Gasteiger partial charge on any atom is 0.179 e. The molecule has 3 aliphatic carbocycles. The molecule has 58 heavy (non-hydrogen) atoms. The van der Waals surface area contributed by atoms with Gasteiger partial charge in [0.2, 0.25) is 0 Å². The number of hydrogen-bond donors (Lipinski definition) is 0. The first-order valence-electron chi connectivity index (χ1n) is 20.3. The van der Waals surface area contributed by atoms with Crippen molar-refractivity contribution in [2.45, 2.75) is 11.8 Å². The first-order valence-corrected chi connectivity index (χ1v) is 23.2. The fourth-order valence-electron chi connectivity index (χ4n) is 10.9. The van der Waals surface area contributed by atoms with Crippen LogP contribution in [0.1, 0.15) is 45.2 Å². The maximum atomic E-state index is 2.50. The molecule has 0 nitrogen and oxygen atoms in total. The summed E-state index contributed by atoms with van der Waals surface area (Å²) in [6, 6.07) is 83.0. The highest BCUT2D eigenvalue weighted by molar-refractivity contribution is 7.26. The topological polar surface area (TPSA) is 0 Å². The highest BCUT2D eigenvalue weighted by atomic mass is 32.1. The smallest absolute Gasteiger partial charge is 0.135 e. The summed E-state index contributed by atoms with van der Waals surface area (Å²) >= 11 is 1.89. The van der Waals surface area contributed by atoms with Crippen LogP contribution in [-0.4, -0.2) is 8.07 Å². The van der Waals surface area contributed by atoms with Gasteiger partial charge in [-0.3, -0.25) is 0 Å². The van der Waals surface area contributed by atoms with Crippen molar-refractivity contribution in [2.24, 2.45) is 0 Å². The van der Waals surface area contributed by atoms with Crippen LogP contribution < -0.4 is 20.7 Å². The zero-order valence-electron chi connectivity index (χ0n) is 31.8. The molecule has 1 aromatic heterocycles. The van der Waals surface area contributed by atoms with Gasteiger partial charge in [0.05, 0.1) is 0 Å². The number of benzene rings is 9. The normalized spacial score (nSPS) is 15.2. The second-order valence-electron chi connectivity index (χ2n) is 15.8. The summed E-state index contributed by atoms with van der Waals surface area (Å²) in [6.07, 6.45) is 0. The predicted octanol–water partition coefficient (Wildman–Crippen LogP) is 11.8. The molecule has 0 saturated carbocycles. The largest absolute Gasteiger partial charge is 0.179 e. The predicted molar refractivity (Wildman–Crippen MR) is 249 cm³/mol. The first kappa shape index (κ1) is 33.5. The van der Waals surface area contributed by atoms with Crippen LogP contribution in [0.15, 0.2) is 218 Å². The molecule has 2 atom stereocenters. The Balaban J connectivity index is 1.17. The SMILES string of the molecule is c1ccc([Si](c2ccccc2)(c2ccccc2)c2cccc3c2C2c4ccccc4C3c3cccc(-c4ccccc4-c4cccc5sc6ccccc6c45)c32)cc1. The molecule has 2 unspecified atom stereocenters. The molecule has 13 rings (SSSR count). The van der Waals surface area contributed by atoms with Crippen LogP contribution in [0, 0.1) is 0 Å². The highest BCUT2D eigenvalue weighted by Gasteiger charge is 2.49. The molecule has 10 aromatic rings. The van der Waals surface area contributed by atoms with Gasteiger partial charge in [-0.05, 0) is 88.5 Å². The van der Waals surface area contributed by atoms with Gasteiger partial charge in [-0.2, -0.15) is 0 Å². The van der Waals surface area contributed by atoms with E-state index in [1.165, 1.54) is 96.6 Å². The van der Waals surface area contributed by atoms with E-state index in [2.05, 4.69) is 218 Å². The lowest BCUT2D eigenvalue weighted by Crippen LogP contribution is -2.75. The zero-order valence-corrected chi connectivity index (χ0v) is 33.7. The van der Waals surface area contributed by atoms with Gasteiger partial charge in [-0.15, -0.1) is 11.3 Å². The maximum absolute atomic E-state index is 2.87. The molecule has 1 heterocycles. The van der Waals surface area contributed by atoms with E-state index in [-0.39, 0.29) is 11.8 Å². The zero-order chi connectivity index (χ0) is 38.2. The summed E-state index contributed by atoms with van der Waals surface area (Å²) in [5, 5.41) is 8.39. The standard InChI is InChI=1S/C56H38SSi/c1-4-19-37(20-5-1)58(38-21-6-2-7-22-38,39-23-8-3-9-24-39)51-36-18-33-48-52-44-27-12-13-28-45(44)56(55(48)51)54-43(30-16-32-47(52)54)41-26-11-10-25-40(41)42-31-17-35-50-53(42)46-29-14-15-34-49(46)57-50/h1-36,52,56H. The molecule has 0 radical (unpaired) electrons. The molecule has 0 N–H and O–H groups in total. The molecule has 0 aliphatic heterocycles. The van der Waals surface area contributed by atoms with Gasteiger partial charge in [0.25, 0.3) is 0 Å². The third-order valence-electron chi connectivity index (χ3n) is 13.0. The Hall–Kier alpha value is -6.58. The number of thiophene rings is 1. The van der Waals surface area contributed by atoms with E-state index in [0.29, 0.717) is 0 Å². The minimum atomic E-state index is -2.87. The van der Waals surface area contributed by atoms with Gasteiger partial charge in [-0.1, -0.05) is 206 Å². The van der Waals surface area contributed by atoms with Crippen LogP contribution in [0.4, 0.5) is 0 Å². The number of rotatable bonds is 6. The lowest BCUT2D eigenvalue weighted by molar-refractivity contribution is 0.760. The van der Waals surface area contributed by atoms with Gasteiger partial charge < -0.3 is 0 Å². The van der Waals surface area contributed by atoms with Crippen molar-refractivity contribution in [1.29, 1.82) is 0 Å². The third kappa shape index (κ3) is 4.73. The van der Waals surface area contributed by atoms with Gasteiger partial charge in [0, 0.05) is 32.0 Å². The van der Waals surface area contributed by atoms with Crippen molar-refractivity contribution in [2.75, 3.05) is 0 Å². The van der Waals surface area contributed by atoms with Crippen molar-refractivity contribution >= 4 is 60.3 Å². The van der Waals surface area contributed by atoms with Crippen LogP contribution >= 0.6 is 11.3 Å². The lowest BCUT2D eigenvalue weighted by Gasteiger charge is -2.47. The van der Waals surface area contributed by atoms with Crippen LogP contribution in [-0.2, 0) is 0 Å². The Labute approximate surface area is 344 Å². The summed E-state index contributed by atoms with van der Waals surface area (Å²) in [5.74, 6) is 0.198. The van der Waals surface area contributed by atoms with Crippen LogP contribution in [0.25, 0.3) is 42.4 Å². The molecule has 0 fully saturated rings. The van der Waals surface area contributed by atoms with E-state index in [1.807, 2.05) is 11.3 Å². The van der Waals surface area contributed by atoms with Crippen molar-refractivity contribution in [1.82, 2.24) is 0 Å². The van der Waals surface area contributed by atoms with E-state index < -0.39 is 8.07 Å². The molecule has 272 valence electrons. The van der Waals surface area contributed by atoms with Crippen LogP contribution in [0.3, 0.4) is 0 Å². The first-order chi connectivity index (χ1) is 28.8. The average Bonchev–Trinajstić information content (AvgIpc) is 3.69. The molecular weight excluding hydrogens is 733 g/mol. The fraction of sp³-hybridized carbons (Fsp3) is 0.0357. The van der Waals surface area contributed by atoms with E-state index in [1.54, 1.807) is 0 Å². The fourth-order valence-corrected chi connectivity index (χ4v) is 17.0. The molecule has 3 aliphatic rings. The molecule has 9 aromatic carbocycles. The summed E-state index contributed by atoms with van der Waals surface area (Å²) in [4.78, 5) is 0. The Kier molecular flexibility index (Phi) is 7.66. The second-order valence-corrected chi connectivity index (χ2v) is 20.6. The lowest BCUT2D eigenvalue weighted by atomic mass is 9.60. The molecule has 0 amide bonds. The molecule has 2 bridgehead atoms. The molecular formula is C56H38SSi. The quantitative estimate of drug-likeness (QED) is 0.117. The van der Waals surface area contributed by atoms with Gasteiger partial charge in [0.1, 0.15) is 0 Å². The van der Waals surface area contributed by atoms with E-state index in [0.717, 1.165) is 0 Å². The second kappa shape index (κ2) is 13.2. The Morgan fingerprint density at radius 2 is 0.759 bits per heavy atom. The minimum absolute atomic E-state index is 0.0624. The monoisotopic (exact) mass is 770 g/mol. The third-order valence-corrected chi connectivity index (χ3v) is 19.0. The number of hydrogen-bond acceptors (Lipinski definition) is 1. The van der Waals surface area contributed by atoms with E-state index in [9.17, 15) is 0 Å². The van der Waals surface area contributed by atoms with Gasteiger partial charge in [0.15, 0.2) is 8.07 Å². The number of fused-ring (bicyclic) bond motifs is 3. The molecule has 2 heteroatoms. The van der Waals surface area contributed by atoms with Gasteiger partial charge in [-0.25, -0.2) is 0 Å². The summed E-state index contributed by atoms with van der Waals surface area (Å²) in [5.41, 5.74) is 13.9. The van der Waals surface area contributed by atoms with E-state index >= 15 is 0 Å². The van der Waals surface area contributed by atoms with Crippen LogP contribution in [0.2, 0.25) is 0 Å². The summed E-state index contributed by atoms with van der Waals surface area (Å²) in [6.45, 7) is 0. The van der Waals surface area contributed by atoms with Crippen molar-refractivity contribution in [3.63, 3.8) is 0 Å². The highest BCUT2D eigenvalue weighted by Crippen LogP contribution is 2.58. The summed E-state index contributed by atoms with van der Waals surface area (Å²) < 4.78 is 2.67. The molecule has 0 spiro atoms. The van der Waals surface area contributed by atoms with Crippen molar-refractivity contribution < 1.29 is 0 Å². The Morgan fingerprint density at radius 1 is 0.310 bits per heavy atom. The van der Waals surface area contributed by atoms with Crippen LogP contribution in [0.5, 0.6) is 0 Å². The van der Waals surface area contributed by atoms with Crippen molar-refractivity contribution in [3.8, 4) is 22.3 Å². The minimum Gasteiger partial charge on any atom is -0.135 e. The van der Waals surface area contributed by atoms with Crippen molar-refractivity contribution in [3.05, 3.63) is 252 Å². The molecule has 0 saturated heterocycles. The Morgan fingerprint density at radius 3 is 1.43 bits per heavy atom. The Bertz CT molecular complexity index is 3080. The average molecular weight is 771 g/mol. The summed E-state index contributed by atoms with van der Waals surface area (Å²) in [7, 11) is -2.87. The van der Waals surface area contributed by atoms with E-state index in [4.69, 9.17) is 0 Å². The van der Waals surface area contributed by atoms with Gasteiger partial charge >= 0.3 is 0 Å².